The average molecular weight is 296 g/mol. The minimum atomic E-state index is -0.452. The molecule has 0 bridgehead atoms. The van der Waals surface area contributed by atoms with Crippen LogP contribution < -0.4 is 11.5 Å². The first-order valence-corrected chi connectivity index (χ1v) is 7.22. The number of hydrogen-bond acceptors (Lipinski definition) is 4. The van der Waals surface area contributed by atoms with E-state index in [2.05, 4.69) is 0 Å². The van der Waals surface area contributed by atoms with Crippen molar-refractivity contribution < 1.29 is 9.59 Å². The molecule has 0 spiro atoms. The molecule has 0 fully saturated rings. The van der Waals surface area contributed by atoms with Crippen molar-refractivity contribution in [2.75, 3.05) is 0 Å². The Balaban J connectivity index is 2.08. The van der Waals surface area contributed by atoms with E-state index in [0.717, 1.165) is 34.8 Å². The summed E-state index contributed by atoms with van der Waals surface area (Å²) in [6.45, 7) is 0. The molecule has 0 aliphatic rings. The lowest BCUT2D eigenvalue weighted by atomic mass is 9.99. The second-order valence-electron chi connectivity index (χ2n) is 5.40. The van der Waals surface area contributed by atoms with Crippen molar-refractivity contribution in [3.8, 4) is 11.1 Å². The smallest absolute Gasteiger partial charge is 0.137 e. The van der Waals surface area contributed by atoms with Gasteiger partial charge < -0.3 is 21.1 Å². The van der Waals surface area contributed by atoms with Crippen LogP contribution in [0.15, 0.2) is 48.5 Å². The number of rotatable bonds is 7. The van der Waals surface area contributed by atoms with Crippen LogP contribution in [0.1, 0.15) is 11.1 Å². The summed E-state index contributed by atoms with van der Waals surface area (Å²) >= 11 is 0. The molecule has 0 heterocycles. The van der Waals surface area contributed by atoms with Gasteiger partial charge in [-0.15, -0.1) is 0 Å². The summed E-state index contributed by atoms with van der Waals surface area (Å²) in [5, 5.41) is 0. The van der Waals surface area contributed by atoms with Crippen molar-refractivity contribution in [1.29, 1.82) is 0 Å². The largest absolute Gasteiger partial charge is 0.321 e. The molecule has 0 saturated heterocycles. The molecule has 4 heteroatoms. The van der Waals surface area contributed by atoms with E-state index in [1.807, 2.05) is 48.5 Å². The molecule has 0 aromatic heterocycles. The number of nitrogens with two attached hydrogens (primary N) is 2. The van der Waals surface area contributed by atoms with E-state index in [9.17, 15) is 9.59 Å². The monoisotopic (exact) mass is 296 g/mol. The minimum absolute atomic E-state index is 0.452. The van der Waals surface area contributed by atoms with E-state index in [1.54, 1.807) is 0 Å². The number of aldehydes is 2. The third kappa shape index (κ3) is 4.35. The molecule has 0 radical (unpaired) electrons. The van der Waals surface area contributed by atoms with E-state index >= 15 is 0 Å². The van der Waals surface area contributed by atoms with Gasteiger partial charge >= 0.3 is 0 Å². The van der Waals surface area contributed by atoms with Crippen LogP contribution in [0.4, 0.5) is 0 Å². The van der Waals surface area contributed by atoms with E-state index in [-0.39, 0.29) is 0 Å². The summed E-state index contributed by atoms with van der Waals surface area (Å²) < 4.78 is 0. The molecule has 22 heavy (non-hydrogen) atoms. The van der Waals surface area contributed by atoms with Crippen molar-refractivity contribution in [2.45, 2.75) is 24.9 Å². The molecule has 2 aromatic carbocycles. The second-order valence-corrected chi connectivity index (χ2v) is 5.40. The van der Waals surface area contributed by atoms with Gasteiger partial charge in [-0.25, -0.2) is 0 Å². The van der Waals surface area contributed by atoms with Crippen LogP contribution >= 0.6 is 0 Å². The van der Waals surface area contributed by atoms with Crippen LogP contribution in [0.3, 0.4) is 0 Å². The molecule has 0 saturated carbocycles. The van der Waals surface area contributed by atoms with Crippen molar-refractivity contribution >= 4 is 12.6 Å². The fourth-order valence-corrected chi connectivity index (χ4v) is 2.31. The Hall–Kier alpha value is -2.30. The zero-order valence-electron chi connectivity index (χ0n) is 12.3. The lowest BCUT2D eigenvalue weighted by Crippen LogP contribution is -2.24. The molecule has 4 nitrogen and oxygen atoms in total. The summed E-state index contributed by atoms with van der Waals surface area (Å²) in [6.07, 6.45) is 2.62. The quantitative estimate of drug-likeness (QED) is 0.758. The molecular formula is C18H20N2O2. The third-order valence-corrected chi connectivity index (χ3v) is 3.53. The Morgan fingerprint density at radius 3 is 1.27 bits per heavy atom. The van der Waals surface area contributed by atoms with Gasteiger partial charge in [0.05, 0.1) is 12.1 Å². The SMILES string of the molecule is N[C@H](C=O)Cc1ccc(-c2ccc(C[C@H](N)C=O)cc2)cc1. The van der Waals surface area contributed by atoms with Crippen molar-refractivity contribution in [3.05, 3.63) is 59.7 Å². The molecule has 2 atom stereocenters. The molecule has 0 unspecified atom stereocenters. The van der Waals surface area contributed by atoms with E-state index < -0.39 is 12.1 Å². The van der Waals surface area contributed by atoms with Crippen LogP contribution in [-0.4, -0.2) is 24.7 Å². The van der Waals surface area contributed by atoms with Gasteiger partial charge in [0.25, 0.3) is 0 Å². The zero-order valence-corrected chi connectivity index (χ0v) is 12.3. The van der Waals surface area contributed by atoms with Crippen LogP contribution in [0.25, 0.3) is 11.1 Å². The maximum atomic E-state index is 10.6. The molecule has 114 valence electrons. The number of carbonyl (C=O) groups is 2. The second kappa shape index (κ2) is 7.64. The van der Waals surface area contributed by atoms with Crippen LogP contribution in [0.2, 0.25) is 0 Å². The van der Waals surface area contributed by atoms with Gasteiger partial charge in [0.15, 0.2) is 0 Å². The van der Waals surface area contributed by atoms with Crippen molar-refractivity contribution in [3.63, 3.8) is 0 Å². The van der Waals surface area contributed by atoms with Crippen LogP contribution in [0.5, 0.6) is 0 Å². The molecule has 2 rings (SSSR count). The Kier molecular flexibility index (Phi) is 5.58. The first-order valence-electron chi connectivity index (χ1n) is 7.22. The molecular weight excluding hydrogens is 276 g/mol. The molecule has 0 aliphatic heterocycles. The predicted octanol–water partition coefficient (Wildman–Crippen LogP) is 1.49. The highest BCUT2D eigenvalue weighted by Gasteiger charge is 2.05. The molecule has 0 amide bonds. The standard InChI is InChI=1S/C18H20N2O2/c19-17(11-21)9-13-1-5-15(6-2-13)16-7-3-14(4-8-16)10-18(20)12-22/h1-8,11-12,17-18H,9-10,19-20H2/t17-,18-/m0/s1. The number of carbonyl (C=O) groups excluding carboxylic acids is 2. The molecule has 0 aliphatic carbocycles. The normalized spacial score (nSPS) is 13.4. The van der Waals surface area contributed by atoms with Gasteiger partial charge in [0, 0.05) is 0 Å². The van der Waals surface area contributed by atoms with Gasteiger partial charge in [0.1, 0.15) is 12.6 Å². The van der Waals surface area contributed by atoms with Crippen molar-refractivity contribution in [2.24, 2.45) is 11.5 Å². The highest BCUT2D eigenvalue weighted by atomic mass is 16.1. The van der Waals surface area contributed by atoms with Crippen molar-refractivity contribution in [1.82, 2.24) is 0 Å². The van der Waals surface area contributed by atoms with Crippen LogP contribution in [-0.2, 0) is 22.4 Å². The lowest BCUT2D eigenvalue weighted by Gasteiger charge is -2.08. The van der Waals surface area contributed by atoms with Gasteiger partial charge in [0.2, 0.25) is 0 Å². The van der Waals surface area contributed by atoms with Gasteiger partial charge in [-0.1, -0.05) is 48.5 Å². The first-order chi connectivity index (χ1) is 10.6. The minimum Gasteiger partial charge on any atom is -0.321 e. The first kappa shape index (κ1) is 16.1. The molecule has 2 aromatic rings. The van der Waals surface area contributed by atoms with E-state index in [4.69, 9.17) is 11.5 Å². The summed E-state index contributed by atoms with van der Waals surface area (Å²) in [5.74, 6) is 0. The summed E-state index contributed by atoms with van der Waals surface area (Å²) in [6, 6.07) is 15.1. The lowest BCUT2D eigenvalue weighted by molar-refractivity contribution is -0.109. The van der Waals surface area contributed by atoms with Gasteiger partial charge in [-0.3, -0.25) is 0 Å². The van der Waals surface area contributed by atoms with E-state index in [0.29, 0.717) is 12.8 Å². The summed E-state index contributed by atoms with van der Waals surface area (Å²) in [5.41, 5.74) is 15.5. The Morgan fingerprint density at radius 2 is 1.00 bits per heavy atom. The zero-order chi connectivity index (χ0) is 15.9. The van der Waals surface area contributed by atoms with E-state index in [1.165, 1.54) is 0 Å². The Labute approximate surface area is 130 Å². The maximum Gasteiger partial charge on any atom is 0.137 e. The Bertz CT molecular complexity index is 563. The summed E-state index contributed by atoms with van der Waals surface area (Å²) in [7, 11) is 0. The predicted molar refractivity (Wildman–Crippen MR) is 87.4 cm³/mol. The topological polar surface area (TPSA) is 86.2 Å². The third-order valence-electron chi connectivity index (χ3n) is 3.53. The highest BCUT2D eigenvalue weighted by Crippen LogP contribution is 2.21. The summed E-state index contributed by atoms with van der Waals surface area (Å²) in [4.78, 5) is 21.1. The number of hydrogen-bond donors (Lipinski definition) is 2. The van der Waals surface area contributed by atoms with Gasteiger partial charge in [-0.2, -0.15) is 0 Å². The highest BCUT2D eigenvalue weighted by molar-refractivity contribution is 5.65. The fourth-order valence-electron chi connectivity index (χ4n) is 2.31. The Morgan fingerprint density at radius 1 is 0.682 bits per heavy atom. The van der Waals surface area contributed by atoms with Gasteiger partial charge in [-0.05, 0) is 35.1 Å². The molecule has 4 N–H and O–H groups in total. The average Bonchev–Trinajstić information content (AvgIpc) is 2.56. The maximum absolute atomic E-state index is 10.6. The number of benzene rings is 2. The fraction of sp³-hybridized carbons (Fsp3) is 0.222. The van der Waals surface area contributed by atoms with Crippen LogP contribution in [0, 0.1) is 0 Å².